The molecule has 4 rings (SSSR count). The first-order chi connectivity index (χ1) is 12.8. The number of hydrogen-bond donors (Lipinski definition) is 2. The van der Waals surface area contributed by atoms with Crippen LogP contribution in [-0.4, -0.2) is 59.3 Å². The Balaban J connectivity index is 1.58. The van der Waals surface area contributed by atoms with E-state index in [0.717, 1.165) is 44.9 Å². The lowest BCUT2D eigenvalue weighted by atomic mass is 9.68. The van der Waals surface area contributed by atoms with Crippen molar-refractivity contribution in [1.29, 1.82) is 0 Å². The Kier molecular flexibility index (Phi) is 4.77. The van der Waals surface area contributed by atoms with Gasteiger partial charge in [0.15, 0.2) is 0 Å². The summed E-state index contributed by atoms with van der Waals surface area (Å²) < 4.78 is 0. The first kappa shape index (κ1) is 19.2. The molecule has 1 spiro atoms. The smallest absolute Gasteiger partial charge is 0.318 e. The van der Waals surface area contributed by atoms with Crippen LogP contribution in [0.1, 0.15) is 50.5 Å². The van der Waals surface area contributed by atoms with Gasteiger partial charge in [-0.25, -0.2) is 4.79 Å². The van der Waals surface area contributed by atoms with Crippen LogP contribution >= 0.6 is 9.24 Å². The van der Waals surface area contributed by atoms with Crippen molar-refractivity contribution in [3.05, 3.63) is 29.8 Å². The monoisotopic (exact) mass is 389 g/mol. The Morgan fingerprint density at radius 1 is 1.19 bits per heavy atom. The highest BCUT2D eigenvalue weighted by molar-refractivity contribution is 7.27. The summed E-state index contributed by atoms with van der Waals surface area (Å²) in [6.07, 6.45) is 6.64. The predicted octanol–water partition coefficient (Wildman–Crippen LogP) is 2.20. The quantitative estimate of drug-likeness (QED) is 0.777. The van der Waals surface area contributed by atoms with Crippen molar-refractivity contribution in [2.75, 3.05) is 27.2 Å². The van der Waals surface area contributed by atoms with Crippen molar-refractivity contribution >= 4 is 20.6 Å². The molecule has 1 saturated heterocycles. The Labute approximate surface area is 164 Å². The van der Waals surface area contributed by atoms with Gasteiger partial charge < -0.3 is 15.3 Å². The molecule has 2 N–H and O–H groups in total. The summed E-state index contributed by atoms with van der Waals surface area (Å²) >= 11 is 0. The second kappa shape index (κ2) is 6.72. The molecule has 1 aromatic carbocycles. The van der Waals surface area contributed by atoms with E-state index < -0.39 is 5.60 Å². The van der Waals surface area contributed by atoms with E-state index in [-0.39, 0.29) is 17.1 Å². The lowest BCUT2D eigenvalue weighted by molar-refractivity contribution is -0.0725. The minimum Gasteiger partial charge on any atom is -0.388 e. The maximum atomic E-state index is 12.6. The van der Waals surface area contributed by atoms with Crippen molar-refractivity contribution in [1.82, 2.24) is 15.1 Å². The van der Waals surface area contributed by atoms with Gasteiger partial charge in [0, 0.05) is 12.1 Å². The van der Waals surface area contributed by atoms with Crippen molar-refractivity contribution in [3.63, 3.8) is 0 Å². The summed E-state index contributed by atoms with van der Waals surface area (Å²) in [6, 6.07) is 8.75. The second-order valence-corrected chi connectivity index (χ2v) is 9.77. The van der Waals surface area contributed by atoms with E-state index in [1.54, 1.807) is 0 Å². The van der Waals surface area contributed by atoms with Crippen LogP contribution in [0.4, 0.5) is 4.79 Å². The summed E-state index contributed by atoms with van der Waals surface area (Å²) in [4.78, 5) is 16.9. The van der Waals surface area contributed by atoms with Crippen molar-refractivity contribution < 1.29 is 9.90 Å². The number of benzene rings is 1. The third kappa shape index (κ3) is 3.18. The Morgan fingerprint density at radius 3 is 2.44 bits per heavy atom. The molecular weight excluding hydrogens is 357 g/mol. The zero-order valence-electron chi connectivity index (χ0n) is 16.5. The molecule has 27 heavy (non-hydrogen) atoms. The van der Waals surface area contributed by atoms with Gasteiger partial charge in [0.1, 0.15) is 0 Å². The number of nitrogens with one attached hydrogen (secondary N) is 1. The topological polar surface area (TPSA) is 55.8 Å². The van der Waals surface area contributed by atoms with E-state index >= 15 is 0 Å². The van der Waals surface area contributed by atoms with Gasteiger partial charge in [-0.2, -0.15) is 0 Å². The fraction of sp³-hybridized carbons (Fsp3) is 0.667. The summed E-state index contributed by atoms with van der Waals surface area (Å²) in [5, 5.41) is 14.9. The van der Waals surface area contributed by atoms with E-state index in [9.17, 15) is 9.90 Å². The standard InChI is InChI=1S/C21H32N3O2P/c1-23(2)21(16-5-3-6-17(27)13-16)11-9-19(10-12-21)14-22-18(25)24(19)15-20(26)7-4-8-20/h3,5-6,13,26H,4,7-12,14-15,27H2,1-2H3,(H,22,25)/t19-,21+. The summed E-state index contributed by atoms with van der Waals surface area (Å²) in [6.45, 7) is 1.18. The number of carbonyl (C=O) groups is 1. The molecule has 2 aliphatic carbocycles. The number of nitrogens with zero attached hydrogens (tertiary/aromatic N) is 2. The Morgan fingerprint density at radius 2 is 1.89 bits per heavy atom. The number of aliphatic hydroxyl groups is 1. The Bertz CT molecular complexity index is 724. The molecule has 6 heteroatoms. The summed E-state index contributed by atoms with van der Waals surface area (Å²) in [7, 11) is 7.14. The van der Waals surface area contributed by atoms with E-state index in [0.29, 0.717) is 13.1 Å². The van der Waals surface area contributed by atoms with Crippen LogP contribution in [0.3, 0.4) is 0 Å². The lowest BCUT2D eigenvalue weighted by Crippen LogP contribution is -2.59. The molecule has 2 saturated carbocycles. The molecule has 0 bridgehead atoms. The average molecular weight is 389 g/mol. The molecule has 0 aromatic heterocycles. The van der Waals surface area contributed by atoms with Crippen molar-refractivity contribution in [2.24, 2.45) is 0 Å². The summed E-state index contributed by atoms with van der Waals surface area (Å²) in [5.74, 6) is 0. The zero-order valence-corrected chi connectivity index (χ0v) is 17.7. The molecule has 0 radical (unpaired) electrons. The van der Waals surface area contributed by atoms with E-state index in [4.69, 9.17) is 0 Å². The number of urea groups is 1. The van der Waals surface area contributed by atoms with Gasteiger partial charge in [0.2, 0.25) is 0 Å². The minimum absolute atomic E-state index is 0.000339. The van der Waals surface area contributed by atoms with Crippen LogP contribution in [0, 0.1) is 0 Å². The SMILES string of the molecule is CN(C)[C@]1(c2cccc(P)c2)CC[C@]2(CC1)CNC(=O)N2CC1(O)CCC1. The number of rotatable bonds is 4. The van der Waals surface area contributed by atoms with Crippen LogP contribution in [0.25, 0.3) is 0 Å². The highest BCUT2D eigenvalue weighted by Gasteiger charge is 2.54. The molecule has 1 atom stereocenters. The summed E-state index contributed by atoms with van der Waals surface area (Å²) in [5.41, 5.74) is 0.540. The molecule has 148 valence electrons. The Hall–Kier alpha value is -1.16. The second-order valence-electron chi connectivity index (χ2n) is 9.10. The van der Waals surface area contributed by atoms with Gasteiger partial charge in [-0.1, -0.05) is 18.2 Å². The molecule has 1 heterocycles. The van der Waals surface area contributed by atoms with Gasteiger partial charge in [-0.3, -0.25) is 4.90 Å². The van der Waals surface area contributed by atoms with Crippen LogP contribution < -0.4 is 10.6 Å². The number of β-amino-alcohol motifs (C(OH)–C–C–N with tert-alkyl or cyclic N) is 1. The molecule has 1 aliphatic heterocycles. The minimum atomic E-state index is -0.668. The van der Waals surface area contributed by atoms with Gasteiger partial charge in [-0.15, -0.1) is 9.24 Å². The maximum absolute atomic E-state index is 12.6. The highest BCUT2D eigenvalue weighted by Crippen LogP contribution is 2.48. The highest BCUT2D eigenvalue weighted by atomic mass is 31.0. The van der Waals surface area contributed by atoms with Gasteiger partial charge in [0.05, 0.1) is 17.7 Å². The van der Waals surface area contributed by atoms with Crippen LogP contribution in [0.5, 0.6) is 0 Å². The number of hydrogen-bond acceptors (Lipinski definition) is 3. The average Bonchev–Trinajstić information content (AvgIpc) is 2.91. The number of amides is 2. The molecule has 5 nitrogen and oxygen atoms in total. The molecule has 2 amide bonds. The maximum Gasteiger partial charge on any atom is 0.318 e. The van der Waals surface area contributed by atoms with Gasteiger partial charge in [0.25, 0.3) is 0 Å². The third-order valence-electron chi connectivity index (χ3n) is 7.41. The van der Waals surface area contributed by atoms with E-state index in [2.05, 4.69) is 57.8 Å². The normalized spacial score (nSPS) is 32.6. The fourth-order valence-electron chi connectivity index (χ4n) is 5.32. The van der Waals surface area contributed by atoms with E-state index in [1.165, 1.54) is 10.9 Å². The fourth-order valence-corrected chi connectivity index (χ4v) is 5.61. The van der Waals surface area contributed by atoms with Crippen LogP contribution in [-0.2, 0) is 5.54 Å². The van der Waals surface area contributed by atoms with Crippen molar-refractivity contribution in [3.8, 4) is 0 Å². The molecule has 1 aromatic rings. The van der Waals surface area contributed by atoms with Gasteiger partial charge >= 0.3 is 6.03 Å². The first-order valence-electron chi connectivity index (χ1n) is 10.1. The molecule has 3 fully saturated rings. The molecule has 3 aliphatic rings. The molecule has 1 unspecified atom stereocenters. The van der Waals surface area contributed by atoms with E-state index in [1.807, 2.05) is 4.90 Å². The lowest BCUT2D eigenvalue weighted by Gasteiger charge is -2.52. The van der Waals surface area contributed by atoms with Crippen LogP contribution in [0.2, 0.25) is 0 Å². The zero-order chi connectivity index (χ0) is 19.3. The number of carbonyl (C=O) groups excluding carboxylic acids is 1. The van der Waals surface area contributed by atoms with Crippen molar-refractivity contribution in [2.45, 2.75) is 61.6 Å². The first-order valence-corrected chi connectivity index (χ1v) is 10.7. The largest absolute Gasteiger partial charge is 0.388 e. The third-order valence-corrected chi connectivity index (χ3v) is 7.77. The van der Waals surface area contributed by atoms with Gasteiger partial charge in [-0.05, 0) is 76.0 Å². The predicted molar refractivity (Wildman–Crippen MR) is 111 cm³/mol. The molecular formula is C21H32N3O2P. The van der Waals surface area contributed by atoms with Crippen LogP contribution in [0.15, 0.2) is 24.3 Å².